The Morgan fingerprint density at radius 1 is 1.13 bits per heavy atom. The molecular weight excluding hydrogens is 325 g/mol. The molecule has 0 aliphatic carbocycles. The van der Waals surface area contributed by atoms with Crippen molar-refractivity contribution in [2.45, 2.75) is 19.1 Å². The quantitative estimate of drug-likeness (QED) is 0.837. The van der Waals surface area contributed by atoms with Gasteiger partial charge in [-0.05, 0) is 30.4 Å². The molecule has 1 aromatic carbocycles. The number of nitrogens with zero attached hydrogens (tertiary/aromatic N) is 2. The first-order chi connectivity index (χ1) is 10.9. The van der Waals surface area contributed by atoms with Crippen LogP contribution in [0.25, 0.3) is 0 Å². The van der Waals surface area contributed by atoms with Gasteiger partial charge in [0.15, 0.2) is 0 Å². The summed E-state index contributed by atoms with van der Waals surface area (Å²) in [4.78, 5) is 16.0. The Labute approximate surface area is 138 Å². The van der Waals surface area contributed by atoms with Crippen LogP contribution in [0, 0.1) is 0 Å². The van der Waals surface area contributed by atoms with Gasteiger partial charge in [-0.1, -0.05) is 12.1 Å². The van der Waals surface area contributed by atoms with Gasteiger partial charge in [-0.2, -0.15) is 24.9 Å². The van der Waals surface area contributed by atoms with Crippen LogP contribution in [0.1, 0.15) is 17.5 Å². The lowest BCUT2D eigenvalue weighted by Crippen LogP contribution is -2.36. The Balaban J connectivity index is 1.90. The van der Waals surface area contributed by atoms with E-state index in [9.17, 15) is 18.0 Å². The number of hydrogen-bond acceptors (Lipinski definition) is 3. The highest BCUT2D eigenvalue weighted by atomic mass is 32.2. The molecule has 0 N–H and O–H groups in total. The SMILES string of the molecule is CSCC(=O)N1CCCN(Cc2ccc(C(F)(F)F)cc2)CC1. The lowest BCUT2D eigenvalue weighted by Gasteiger charge is -2.22. The van der Waals surface area contributed by atoms with Gasteiger partial charge in [-0.3, -0.25) is 9.69 Å². The van der Waals surface area contributed by atoms with Crippen LogP contribution in [-0.2, 0) is 17.5 Å². The number of carbonyl (C=O) groups excluding carboxylic acids is 1. The molecule has 1 aromatic rings. The molecule has 0 unspecified atom stereocenters. The summed E-state index contributed by atoms with van der Waals surface area (Å²) in [6.45, 7) is 3.65. The van der Waals surface area contributed by atoms with E-state index in [0.717, 1.165) is 43.8 Å². The van der Waals surface area contributed by atoms with Gasteiger partial charge in [0.05, 0.1) is 11.3 Å². The van der Waals surface area contributed by atoms with Crippen LogP contribution in [0.4, 0.5) is 13.2 Å². The maximum absolute atomic E-state index is 12.6. The zero-order chi connectivity index (χ0) is 16.9. The van der Waals surface area contributed by atoms with E-state index in [1.54, 1.807) is 0 Å². The number of alkyl halides is 3. The summed E-state index contributed by atoms with van der Waals surface area (Å²) in [5.74, 6) is 0.660. The van der Waals surface area contributed by atoms with Crippen molar-refractivity contribution >= 4 is 17.7 Å². The first-order valence-electron chi connectivity index (χ1n) is 7.55. The first-order valence-corrected chi connectivity index (χ1v) is 8.95. The molecule has 1 heterocycles. The predicted octanol–water partition coefficient (Wildman–Crippen LogP) is 3.10. The van der Waals surface area contributed by atoms with Crippen LogP contribution in [0.3, 0.4) is 0 Å². The standard InChI is InChI=1S/C16H21F3N2OS/c1-23-12-15(22)21-8-2-7-20(9-10-21)11-13-3-5-14(6-4-13)16(17,18)19/h3-6H,2,7-12H2,1H3. The predicted molar refractivity (Wildman–Crippen MR) is 86.3 cm³/mol. The highest BCUT2D eigenvalue weighted by molar-refractivity contribution is 7.99. The third kappa shape index (κ3) is 5.42. The van der Waals surface area contributed by atoms with Gasteiger partial charge in [0, 0.05) is 32.7 Å². The number of hydrogen-bond donors (Lipinski definition) is 0. The highest BCUT2D eigenvalue weighted by Crippen LogP contribution is 2.29. The zero-order valence-electron chi connectivity index (χ0n) is 13.1. The van der Waals surface area contributed by atoms with Crippen molar-refractivity contribution in [2.75, 3.05) is 38.2 Å². The molecule has 1 saturated heterocycles. The molecule has 128 valence electrons. The molecular formula is C16H21F3N2OS. The second-order valence-corrected chi connectivity index (χ2v) is 6.50. The molecule has 1 aliphatic rings. The Bertz CT molecular complexity index is 519. The van der Waals surface area contributed by atoms with E-state index in [1.165, 1.54) is 23.9 Å². The Hall–Kier alpha value is -1.21. The van der Waals surface area contributed by atoms with Gasteiger partial charge in [0.1, 0.15) is 0 Å². The summed E-state index contributed by atoms with van der Waals surface area (Å²) < 4.78 is 37.7. The van der Waals surface area contributed by atoms with Crippen LogP contribution < -0.4 is 0 Å². The van der Waals surface area contributed by atoms with E-state index >= 15 is 0 Å². The average molecular weight is 346 g/mol. The van der Waals surface area contributed by atoms with Crippen molar-refractivity contribution in [2.24, 2.45) is 0 Å². The summed E-state index contributed by atoms with van der Waals surface area (Å²) in [5, 5.41) is 0. The number of benzene rings is 1. The molecule has 1 aliphatic heterocycles. The second-order valence-electron chi connectivity index (χ2n) is 5.64. The minimum absolute atomic E-state index is 0.161. The lowest BCUT2D eigenvalue weighted by atomic mass is 10.1. The van der Waals surface area contributed by atoms with E-state index in [-0.39, 0.29) is 5.91 Å². The Morgan fingerprint density at radius 3 is 2.43 bits per heavy atom. The fourth-order valence-corrected chi connectivity index (χ4v) is 3.08. The molecule has 0 saturated carbocycles. The molecule has 7 heteroatoms. The van der Waals surface area contributed by atoms with Crippen LogP contribution >= 0.6 is 11.8 Å². The number of thioether (sulfide) groups is 1. The van der Waals surface area contributed by atoms with Gasteiger partial charge in [-0.25, -0.2) is 0 Å². The maximum atomic E-state index is 12.6. The zero-order valence-corrected chi connectivity index (χ0v) is 13.9. The molecule has 0 atom stereocenters. The Kier molecular flexibility index (Phi) is 6.35. The van der Waals surface area contributed by atoms with Gasteiger partial charge in [0.25, 0.3) is 0 Å². The average Bonchev–Trinajstić information content (AvgIpc) is 2.73. The van der Waals surface area contributed by atoms with E-state index in [0.29, 0.717) is 18.8 Å². The number of amides is 1. The van der Waals surface area contributed by atoms with E-state index < -0.39 is 11.7 Å². The van der Waals surface area contributed by atoms with Crippen molar-refractivity contribution in [3.05, 3.63) is 35.4 Å². The normalized spacial score (nSPS) is 17.1. The van der Waals surface area contributed by atoms with E-state index in [1.807, 2.05) is 11.2 Å². The van der Waals surface area contributed by atoms with Crippen molar-refractivity contribution in [1.29, 1.82) is 0 Å². The summed E-state index contributed by atoms with van der Waals surface area (Å²) in [6, 6.07) is 5.32. The maximum Gasteiger partial charge on any atom is 0.416 e. The monoisotopic (exact) mass is 346 g/mol. The summed E-state index contributed by atoms with van der Waals surface area (Å²) in [7, 11) is 0. The van der Waals surface area contributed by atoms with Crippen molar-refractivity contribution in [3.8, 4) is 0 Å². The van der Waals surface area contributed by atoms with Crippen molar-refractivity contribution < 1.29 is 18.0 Å². The molecule has 3 nitrogen and oxygen atoms in total. The minimum Gasteiger partial charge on any atom is -0.341 e. The van der Waals surface area contributed by atoms with Crippen LogP contribution in [0.5, 0.6) is 0 Å². The van der Waals surface area contributed by atoms with Gasteiger partial charge < -0.3 is 4.90 Å². The molecule has 23 heavy (non-hydrogen) atoms. The number of carbonyl (C=O) groups is 1. The smallest absolute Gasteiger partial charge is 0.341 e. The molecule has 2 rings (SSSR count). The fourth-order valence-electron chi connectivity index (χ4n) is 2.65. The fraction of sp³-hybridized carbons (Fsp3) is 0.562. The molecule has 0 bridgehead atoms. The molecule has 1 amide bonds. The van der Waals surface area contributed by atoms with Gasteiger partial charge in [-0.15, -0.1) is 0 Å². The van der Waals surface area contributed by atoms with Gasteiger partial charge >= 0.3 is 6.18 Å². The van der Waals surface area contributed by atoms with Crippen LogP contribution in [0.2, 0.25) is 0 Å². The van der Waals surface area contributed by atoms with Crippen molar-refractivity contribution in [1.82, 2.24) is 9.80 Å². The largest absolute Gasteiger partial charge is 0.416 e. The second kappa shape index (κ2) is 8.06. The van der Waals surface area contributed by atoms with Gasteiger partial charge in [0.2, 0.25) is 5.91 Å². The molecule has 0 spiro atoms. The summed E-state index contributed by atoms with van der Waals surface area (Å²) >= 11 is 1.52. The van der Waals surface area contributed by atoms with Crippen LogP contribution in [0.15, 0.2) is 24.3 Å². The van der Waals surface area contributed by atoms with Crippen molar-refractivity contribution in [3.63, 3.8) is 0 Å². The topological polar surface area (TPSA) is 23.6 Å². The highest BCUT2D eigenvalue weighted by Gasteiger charge is 2.30. The Morgan fingerprint density at radius 2 is 1.83 bits per heavy atom. The van der Waals surface area contributed by atoms with E-state index in [4.69, 9.17) is 0 Å². The minimum atomic E-state index is -4.29. The number of halogens is 3. The third-order valence-corrected chi connectivity index (χ3v) is 4.43. The first kappa shape index (κ1) is 18.1. The summed E-state index contributed by atoms with van der Waals surface area (Å²) in [6.07, 6.45) is -1.49. The lowest BCUT2D eigenvalue weighted by molar-refractivity contribution is -0.137. The number of rotatable bonds is 4. The molecule has 0 radical (unpaired) electrons. The van der Waals surface area contributed by atoms with Crippen LogP contribution in [-0.4, -0.2) is 53.9 Å². The molecule has 1 fully saturated rings. The molecule has 0 aromatic heterocycles. The summed E-state index contributed by atoms with van der Waals surface area (Å²) in [5.41, 5.74) is 0.243. The van der Waals surface area contributed by atoms with E-state index in [2.05, 4.69) is 4.90 Å². The third-order valence-electron chi connectivity index (χ3n) is 3.90.